The van der Waals surface area contributed by atoms with E-state index in [9.17, 15) is 27.6 Å². The Balaban J connectivity index is 1.36. The zero-order valence-corrected chi connectivity index (χ0v) is 30.0. The van der Waals surface area contributed by atoms with Crippen LogP contribution in [0.4, 0.5) is 4.79 Å². The van der Waals surface area contributed by atoms with E-state index in [-0.39, 0.29) is 18.9 Å². The van der Waals surface area contributed by atoms with Crippen molar-refractivity contribution in [2.75, 3.05) is 13.2 Å². The van der Waals surface area contributed by atoms with Crippen LogP contribution in [0.2, 0.25) is 0 Å². The minimum Gasteiger partial charge on any atom is -0.450 e. The molecule has 1 unspecified atom stereocenters. The van der Waals surface area contributed by atoms with Gasteiger partial charge in [-0.05, 0) is 87.2 Å². The standard InChI is InChI=1S/C36H53N5O7S/c1-5-26-22-36(26,33(44)40-49(46,47)27-17-18-27)39-31(42)29-21-24-13-9-10-14-25-15-12-19-37-28(25)16-8-6-7-11-20-48-34(45)38-30(35(2,3)4)32(43)41(29)23-24/h5,12,15,19,24,26-27,29-30H,1,6-11,13-14,16-18,20-23H2,2-4H3,(H,38,45)(H,39,42)(H,40,44)/t24-,26-,29+,30?,36-/m1/s1. The number of pyridine rings is 1. The Morgan fingerprint density at radius 3 is 2.51 bits per heavy atom. The smallest absolute Gasteiger partial charge is 0.407 e. The molecule has 3 N–H and O–H groups in total. The number of fused-ring (bicyclic) bond motifs is 3. The van der Waals surface area contributed by atoms with Crippen LogP contribution in [0.25, 0.3) is 0 Å². The molecule has 1 saturated heterocycles. The minimum absolute atomic E-state index is 0.0145. The maximum atomic E-state index is 14.3. The number of aromatic nitrogens is 1. The molecule has 4 amide bonds. The Hall–Kier alpha value is -3.48. The number of cyclic esters (lactones) is 1. The molecule has 2 aliphatic carbocycles. The maximum absolute atomic E-state index is 14.3. The summed E-state index contributed by atoms with van der Waals surface area (Å²) in [6.45, 7) is 9.88. The summed E-state index contributed by atoms with van der Waals surface area (Å²) in [4.78, 5) is 60.9. The Kier molecular flexibility index (Phi) is 11.4. The molecule has 2 bridgehead atoms. The third-order valence-electron chi connectivity index (χ3n) is 10.4. The molecule has 1 aromatic rings. The first-order valence-electron chi connectivity index (χ1n) is 17.9. The molecule has 3 heterocycles. The Morgan fingerprint density at radius 1 is 1.08 bits per heavy atom. The predicted molar refractivity (Wildman–Crippen MR) is 185 cm³/mol. The van der Waals surface area contributed by atoms with E-state index in [2.05, 4.69) is 33.0 Å². The van der Waals surface area contributed by atoms with Gasteiger partial charge in [0.05, 0.1) is 11.9 Å². The zero-order chi connectivity index (χ0) is 35.4. The van der Waals surface area contributed by atoms with E-state index >= 15 is 0 Å². The molecular formula is C36H53N5O7S. The summed E-state index contributed by atoms with van der Waals surface area (Å²) < 4.78 is 32.9. The summed E-state index contributed by atoms with van der Waals surface area (Å²) in [7, 11) is -3.84. The third kappa shape index (κ3) is 9.01. The molecule has 2 aliphatic heterocycles. The first-order chi connectivity index (χ1) is 23.2. The Labute approximate surface area is 290 Å². The van der Waals surface area contributed by atoms with Gasteiger partial charge < -0.3 is 20.3 Å². The van der Waals surface area contributed by atoms with Gasteiger partial charge in [0.15, 0.2) is 0 Å². The lowest BCUT2D eigenvalue weighted by Crippen LogP contribution is -2.60. The van der Waals surface area contributed by atoms with Gasteiger partial charge in [-0.3, -0.25) is 24.1 Å². The lowest BCUT2D eigenvalue weighted by Gasteiger charge is -2.35. The van der Waals surface area contributed by atoms with Gasteiger partial charge in [-0.1, -0.05) is 52.2 Å². The van der Waals surface area contributed by atoms with E-state index in [0.717, 1.165) is 57.1 Å². The average Bonchev–Trinajstić information content (AvgIpc) is 3.97. The molecule has 0 radical (unpaired) electrons. The van der Waals surface area contributed by atoms with Crippen LogP contribution >= 0.6 is 0 Å². The third-order valence-corrected chi connectivity index (χ3v) is 12.3. The maximum Gasteiger partial charge on any atom is 0.407 e. The number of hydrogen-bond acceptors (Lipinski definition) is 8. The fraction of sp³-hybridized carbons (Fsp3) is 0.694. The van der Waals surface area contributed by atoms with Crippen LogP contribution in [0, 0.1) is 17.3 Å². The highest BCUT2D eigenvalue weighted by molar-refractivity contribution is 7.91. The van der Waals surface area contributed by atoms with Gasteiger partial charge in [0.1, 0.15) is 17.6 Å². The highest BCUT2D eigenvalue weighted by Gasteiger charge is 2.62. The van der Waals surface area contributed by atoms with E-state index in [1.165, 1.54) is 10.5 Å². The molecule has 2 saturated carbocycles. The second-order valence-electron chi connectivity index (χ2n) is 15.4. The van der Waals surface area contributed by atoms with Gasteiger partial charge in [-0.15, -0.1) is 6.58 Å². The van der Waals surface area contributed by atoms with Gasteiger partial charge in [0, 0.05) is 24.4 Å². The number of aryl methyl sites for hydroxylation is 2. The monoisotopic (exact) mass is 699 g/mol. The summed E-state index contributed by atoms with van der Waals surface area (Å²) in [6.07, 6.45) is 12.3. The molecule has 5 rings (SSSR count). The molecule has 3 fully saturated rings. The summed E-state index contributed by atoms with van der Waals surface area (Å²) >= 11 is 0. The van der Waals surface area contributed by atoms with Crippen LogP contribution in [0.3, 0.4) is 0 Å². The SMILES string of the molecule is C=C[C@@H]1C[C@]1(NC(=O)[C@@H]1C[C@H]2CCCCc3cccnc3CCCCCCOC(=O)NC(C(C)(C)C)C(=O)N1C2)C(=O)NS(=O)(=O)C1CC1. The van der Waals surface area contributed by atoms with Crippen molar-refractivity contribution in [3.8, 4) is 0 Å². The van der Waals surface area contributed by atoms with Gasteiger partial charge in [0.25, 0.3) is 5.91 Å². The highest BCUT2D eigenvalue weighted by atomic mass is 32.2. The number of sulfonamides is 1. The zero-order valence-electron chi connectivity index (χ0n) is 29.2. The average molecular weight is 700 g/mol. The summed E-state index contributed by atoms with van der Waals surface area (Å²) in [5.41, 5.74) is 0.218. The van der Waals surface area contributed by atoms with Crippen molar-refractivity contribution in [3.05, 3.63) is 42.2 Å². The number of ether oxygens (including phenoxy) is 1. The van der Waals surface area contributed by atoms with Gasteiger partial charge in [-0.2, -0.15) is 0 Å². The molecular weight excluding hydrogens is 646 g/mol. The number of rotatable bonds is 6. The lowest BCUT2D eigenvalue weighted by atomic mass is 9.85. The number of alkyl carbamates (subject to hydrolysis) is 1. The largest absolute Gasteiger partial charge is 0.450 e. The van der Waals surface area contributed by atoms with Crippen molar-refractivity contribution in [2.24, 2.45) is 17.3 Å². The molecule has 12 nitrogen and oxygen atoms in total. The number of nitrogens with zero attached hydrogens (tertiary/aromatic N) is 2. The quantitative estimate of drug-likeness (QED) is 0.376. The molecule has 13 heteroatoms. The number of nitrogens with one attached hydrogen (secondary N) is 3. The normalized spacial score (nSPS) is 29.1. The van der Waals surface area contributed by atoms with Crippen molar-refractivity contribution in [3.63, 3.8) is 0 Å². The summed E-state index contributed by atoms with van der Waals surface area (Å²) in [6, 6.07) is 2.24. The van der Waals surface area contributed by atoms with E-state index < -0.39 is 68.0 Å². The van der Waals surface area contributed by atoms with Crippen LogP contribution in [-0.4, -0.2) is 78.1 Å². The van der Waals surface area contributed by atoms with Crippen LogP contribution < -0.4 is 15.4 Å². The van der Waals surface area contributed by atoms with Crippen molar-refractivity contribution >= 4 is 33.8 Å². The van der Waals surface area contributed by atoms with Crippen molar-refractivity contribution < 1.29 is 32.3 Å². The lowest BCUT2D eigenvalue weighted by molar-refractivity contribution is -0.142. The number of hydrogen-bond donors (Lipinski definition) is 3. The molecule has 1 aromatic heterocycles. The minimum atomic E-state index is -3.84. The molecule has 270 valence electrons. The van der Waals surface area contributed by atoms with Crippen LogP contribution in [0.15, 0.2) is 31.0 Å². The van der Waals surface area contributed by atoms with Gasteiger partial charge >= 0.3 is 6.09 Å². The van der Waals surface area contributed by atoms with E-state index in [0.29, 0.717) is 32.2 Å². The topological polar surface area (TPSA) is 164 Å². The molecule has 49 heavy (non-hydrogen) atoms. The van der Waals surface area contributed by atoms with Gasteiger partial charge in [-0.25, -0.2) is 13.2 Å². The number of carbonyl (C=O) groups excluding carboxylic acids is 4. The van der Waals surface area contributed by atoms with Crippen molar-refractivity contribution in [1.29, 1.82) is 0 Å². The molecule has 0 aromatic carbocycles. The fourth-order valence-corrected chi connectivity index (χ4v) is 8.57. The summed E-state index contributed by atoms with van der Waals surface area (Å²) in [5.74, 6) is -2.12. The molecule has 0 spiro atoms. The second-order valence-corrected chi connectivity index (χ2v) is 17.3. The van der Waals surface area contributed by atoms with E-state index in [4.69, 9.17) is 4.74 Å². The van der Waals surface area contributed by atoms with E-state index in [1.54, 1.807) is 6.08 Å². The van der Waals surface area contributed by atoms with Gasteiger partial charge in [0.2, 0.25) is 21.8 Å². The Bertz CT molecular complexity index is 1520. The fourth-order valence-electron chi connectivity index (χ4n) is 7.20. The van der Waals surface area contributed by atoms with Crippen molar-refractivity contribution in [2.45, 2.75) is 127 Å². The summed E-state index contributed by atoms with van der Waals surface area (Å²) in [5, 5.41) is 5.04. The Morgan fingerprint density at radius 2 is 1.82 bits per heavy atom. The number of amides is 4. The first kappa shape index (κ1) is 36.8. The van der Waals surface area contributed by atoms with Crippen LogP contribution in [0.1, 0.15) is 103 Å². The van der Waals surface area contributed by atoms with E-state index in [1.807, 2.05) is 33.0 Å². The number of carbonyl (C=O) groups is 4. The molecule has 5 atom stereocenters. The predicted octanol–water partition coefficient (Wildman–Crippen LogP) is 3.94. The highest BCUT2D eigenvalue weighted by Crippen LogP contribution is 2.45. The second kappa shape index (κ2) is 15.2. The first-order valence-corrected chi connectivity index (χ1v) is 19.5. The molecule has 4 aliphatic rings. The van der Waals surface area contributed by atoms with Crippen molar-refractivity contribution in [1.82, 2.24) is 25.2 Å². The van der Waals surface area contributed by atoms with Crippen LogP contribution in [-0.2, 0) is 42.0 Å². The van der Waals surface area contributed by atoms with Crippen LogP contribution in [0.5, 0.6) is 0 Å².